The number of hydrogen-bond donors (Lipinski definition) is 3. The highest BCUT2D eigenvalue weighted by Gasteiger charge is 2.15. The molecule has 1 atom stereocenters. The van der Waals surface area contributed by atoms with Crippen LogP contribution in [0.3, 0.4) is 0 Å². The Morgan fingerprint density at radius 2 is 1.94 bits per heavy atom. The molecule has 0 aliphatic carbocycles. The first-order valence-corrected chi connectivity index (χ1v) is 9.48. The average Bonchev–Trinajstić information content (AvgIpc) is 2.78. The number of aliphatic hydroxyl groups is 1. The van der Waals surface area contributed by atoms with Gasteiger partial charge in [-0.3, -0.25) is 4.79 Å². The van der Waals surface area contributed by atoms with E-state index in [2.05, 4.69) is 15.0 Å². The number of amidine groups is 1. The fourth-order valence-electron chi connectivity index (χ4n) is 2.43. The SMILES string of the molecule is CN/C=C\C(N)=NC(=O)c1cc(Oc2ccc(C(=O)OC)cc2F)cc(O[C@@H](C)CO)c1. The molecule has 0 aliphatic heterocycles. The Balaban J connectivity index is 2.40. The van der Waals surface area contributed by atoms with Crippen LogP contribution in [0.4, 0.5) is 4.39 Å². The molecule has 0 fully saturated rings. The number of aliphatic imine (C=N–C) groups is 1. The molecule has 32 heavy (non-hydrogen) atoms. The molecule has 10 heteroatoms. The lowest BCUT2D eigenvalue weighted by molar-refractivity contribution is 0.0600. The molecule has 0 aromatic heterocycles. The number of methoxy groups -OCH3 is 1. The normalized spacial score (nSPS) is 12.3. The molecule has 1 amide bonds. The standard InChI is InChI=1S/C22H24FN3O6/c1-13(12-27)31-16-8-15(21(28)26-20(24)6-7-25-2)9-17(11-16)32-19-5-4-14(10-18(19)23)22(29)30-3/h4-11,13,25,27H,12H2,1-3H3,(H2,24,26,28)/b7-6-/t13-/m0/s1. The number of ether oxygens (including phenoxy) is 3. The van der Waals surface area contributed by atoms with Gasteiger partial charge in [0.2, 0.25) is 0 Å². The Hall–Kier alpha value is -3.92. The Morgan fingerprint density at radius 3 is 2.56 bits per heavy atom. The molecule has 170 valence electrons. The summed E-state index contributed by atoms with van der Waals surface area (Å²) >= 11 is 0. The van der Waals surface area contributed by atoms with Gasteiger partial charge in [-0.15, -0.1) is 0 Å². The molecule has 0 saturated carbocycles. The molecule has 9 nitrogen and oxygen atoms in total. The number of nitrogens with one attached hydrogen (secondary N) is 1. The molecule has 0 unspecified atom stereocenters. The fraction of sp³-hybridized carbons (Fsp3) is 0.227. The highest BCUT2D eigenvalue weighted by atomic mass is 19.1. The van der Waals surface area contributed by atoms with Crippen molar-refractivity contribution in [1.82, 2.24) is 5.32 Å². The number of benzene rings is 2. The van der Waals surface area contributed by atoms with Gasteiger partial charge < -0.3 is 30.4 Å². The molecule has 0 aliphatic rings. The van der Waals surface area contributed by atoms with Crippen molar-refractivity contribution in [3.63, 3.8) is 0 Å². The maximum Gasteiger partial charge on any atom is 0.337 e. The van der Waals surface area contributed by atoms with Crippen LogP contribution in [-0.4, -0.2) is 49.7 Å². The number of carbonyl (C=O) groups excluding carboxylic acids is 2. The number of carbonyl (C=O) groups is 2. The zero-order valence-electron chi connectivity index (χ0n) is 17.8. The van der Waals surface area contributed by atoms with E-state index in [0.29, 0.717) is 0 Å². The lowest BCUT2D eigenvalue weighted by atomic mass is 10.1. The minimum absolute atomic E-state index is 0.0153. The second-order valence-electron chi connectivity index (χ2n) is 6.51. The van der Waals surface area contributed by atoms with Crippen LogP contribution in [0.1, 0.15) is 27.6 Å². The topological polar surface area (TPSA) is 132 Å². The summed E-state index contributed by atoms with van der Waals surface area (Å²) in [6.07, 6.45) is 2.34. The Labute approximate surface area is 184 Å². The average molecular weight is 445 g/mol. The lowest BCUT2D eigenvalue weighted by Crippen LogP contribution is -2.16. The molecule has 4 N–H and O–H groups in total. The van der Waals surface area contributed by atoms with E-state index in [0.717, 1.165) is 6.07 Å². The van der Waals surface area contributed by atoms with Crippen LogP contribution in [0.15, 0.2) is 53.7 Å². The third-order valence-corrected chi connectivity index (χ3v) is 3.95. The smallest absolute Gasteiger partial charge is 0.337 e. The first-order chi connectivity index (χ1) is 15.3. The van der Waals surface area contributed by atoms with E-state index in [1.165, 1.54) is 49.7 Å². The van der Waals surface area contributed by atoms with Gasteiger partial charge in [-0.25, -0.2) is 9.18 Å². The number of halogens is 1. The van der Waals surface area contributed by atoms with Crippen molar-refractivity contribution < 1.29 is 33.3 Å². The number of hydrogen-bond acceptors (Lipinski definition) is 7. The van der Waals surface area contributed by atoms with Gasteiger partial charge in [0.25, 0.3) is 5.91 Å². The van der Waals surface area contributed by atoms with E-state index in [1.54, 1.807) is 14.0 Å². The molecular formula is C22H24FN3O6. The van der Waals surface area contributed by atoms with Gasteiger partial charge in [0, 0.05) is 18.7 Å². The van der Waals surface area contributed by atoms with E-state index in [4.69, 9.17) is 15.2 Å². The minimum atomic E-state index is -0.810. The summed E-state index contributed by atoms with van der Waals surface area (Å²) in [4.78, 5) is 27.9. The van der Waals surface area contributed by atoms with Gasteiger partial charge in [0.1, 0.15) is 23.4 Å². The van der Waals surface area contributed by atoms with Crippen LogP contribution < -0.4 is 20.5 Å². The predicted molar refractivity (Wildman–Crippen MR) is 116 cm³/mol. The van der Waals surface area contributed by atoms with Gasteiger partial charge >= 0.3 is 5.97 Å². The fourth-order valence-corrected chi connectivity index (χ4v) is 2.43. The van der Waals surface area contributed by atoms with Crippen molar-refractivity contribution in [2.75, 3.05) is 20.8 Å². The summed E-state index contributed by atoms with van der Waals surface area (Å²) in [5.74, 6) is -2.15. The molecular weight excluding hydrogens is 421 g/mol. The first kappa shape index (κ1) is 24.4. The lowest BCUT2D eigenvalue weighted by Gasteiger charge is -2.15. The van der Waals surface area contributed by atoms with Gasteiger partial charge in [-0.05, 0) is 49.5 Å². The van der Waals surface area contributed by atoms with Crippen LogP contribution in [0.2, 0.25) is 0 Å². The molecule has 2 aromatic carbocycles. The molecule has 0 spiro atoms. The van der Waals surface area contributed by atoms with E-state index in [-0.39, 0.29) is 40.8 Å². The highest BCUT2D eigenvalue weighted by Crippen LogP contribution is 2.30. The Morgan fingerprint density at radius 1 is 1.22 bits per heavy atom. The van der Waals surface area contributed by atoms with Crippen molar-refractivity contribution in [3.05, 3.63) is 65.6 Å². The highest BCUT2D eigenvalue weighted by molar-refractivity contribution is 6.06. The maximum atomic E-state index is 14.4. The van der Waals surface area contributed by atoms with Gasteiger partial charge in [0.15, 0.2) is 11.6 Å². The summed E-state index contributed by atoms with van der Waals surface area (Å²) in [6, 6.07) is 7.72. The van der Waals surface area contributed by atoms with E-state index >= 15 is 0 Å². The van der Waals surface area contributed by atoms with E-state index < -0.39 is 23.8 Å². The number of rotatable bonds is 9. The third kappa shape index (κ3) is 6.81. The second kappa shape index (κ2) is 11.5. The number of nitrogens with two attached hydrogens (primary N) is 1. The molecule has 2 rings (SSSR count). The molecule has 0 radical (unpaired) electrons. The second-order valence-corrected chi connectivity index (χ2v) is 6.51. The largest absolute Gasteiger partial charge is 0.488 e. The summed E-state index contributed by atoms with van der Waals surface area (Å²) in [7, 11) is 2.85. The number of aliphatic hydroxyl groups excluding tert-OH is 1. The maximum absolute atomic E-state index is 14.4. The molecule has 0 bridgehead atoms. The summed E-state index contributed by atoms with van der Waals surface area (Å²) < 4.78 is 30.1. The quantitative estimate of drug-likeness (QED) is 0.305. The number of nitrogens with zero attached hydrogens (tertiary/aromatic N) is 1. The number of esters is 1. The molecule has 0 heterocycles. The Bertz CT molecular complexity index is 1040. The van der Waals surface area contributed by atoms with E-state index in [9.17, 15) is 19.1 Å². The molecule has 2 aromatic rings. The summed E-state index contributed by atoms with van der Waals surface area (Å²) in [6.45, 7) is 1.36. The predicted octanol–water partition coefficient (Wildman–Crippen LogP) is 2.39. The van der Waals surface area contributed by atoms with Crippen LogP contribution in [0.5, 0.6) is 17.2 Å². The zero-order chi connectivity index (χ0) is 23.7. The monoisotopic (exact) mass is 445 g/mol. The van der Waals surface area contributed by atoms with Crippen molar-refractivity contribution in [1.29, 1.82) is 0 Å². The van der Waals surface area contributed by atoms with Crippen LogP contribution in [0.25, 0.3) is 0 Å². The van der Waals surface area contributed by atoms with Crippen LogP contribution in [0, 0.1) is 5.82 Å². The van der Waals surface area contributed by atoms with Gasteiger partial charge in [-0.1, -0.05) is 0 Å². The summed E-state index contributed by atoms with van der Waals surface area (Å²) in [5.41, 5.74) is 5.77. The van der Waals surface area contributed by atoms with E-state index in [1.807, 2.05) is 0 Å². The minimum Gasteiger partial charge on any atom is -0.488 e. The van der Waals surface area contributed by atoms with Crippen molar-refractivity contribution in [2.45, 2.75) is 13.0 Å². The molecule has 0 saturated heterocycles. The zero-order valence-corrected chi connectivity index (χ0v) is 17.8. The first-order valence-electron chi connectivity index (χ1n) is 9.48. The Kier molecular flexibility index (Phi) is 8.72. The van der Waals surface area contributed by atoms with Gasteiger partial charge in [-0.2, -0.15) is 4.99 Å². The van der Waals surface area contributed by atoms with Gasteiger partial charge in [0.05, 0.1) is 19.3 Å². The third-order valence-electron chi connectivity index (χ3n) is 3.95. The summed E-state index contributed by atoms with van der Waals surface area (Å²) in [5, 5.41) is 12.0. The van der Waals surface area contributed by atoms with Crippen molar-refractivity contribution in [3.8, 4) is 17.2 Å². The van der Waals surface area contributed by atoms with Crippen LogP contribution >= 0.6 is 0 Å². The van der Waals surface area contributed by atoms with Crippen LogP contribution in [-0.2, 0) is 4.74 Å². The van der Waals surface area contributed by atoms with Crippen molar-refractivity contribution in [2.24, 2.45) is 10.7 Å². The van der Waals surface area contributed by atoms with Crippen molar-refractivity contribution >= 4 is 17.7 Å². The number of amides is 1.